The summed E-state index contributed by atoms with van der Waals surface area (Å²) < 4.78 is 4.55. The molecule has 0 aliphatic carbocycles. The van der Waals surface area contributed by atoms with Gasteiger partial charge in [-0.25, -0.2) is 9.78 Å². The Balaban J connectivity index is 1.55. The maximum absolute atomic E-state index is 12.4. The van der Waals surface area contributed by atoms with Gasteiger partial charge in [-0.3, -0.25) is 14.9 Å². The number of benzene rings is 1. The number of aromatic nitrogens is 1. The maximum atomic E-state index is 12.4. The highest BCUT2D eigenvalue weighted by atomic mass is 32.1. The molecule has 1 aliphatic heterocycles. The van der Waals surface area contributed by atoms with Gasteiger partial charge in [-0.05, 0) is 12.1 Å². The molecule has 1 aliphatic rings. The number of anilines is 1. The van der Waals surface area contributed by atoms with Gasteiger partial charge in [0.05, 0.1) is 25.9 Å². The predicted molar refractivity (Wildman–Crippen MR) is 96.0 cm³/mol. The van der Waals surface area contributed by atoms with Gasteiger partial charge < -0.3 is 15.0 Å². The summed E-state index contributed by atoms with van der Waals surface area (Å²) in [6.07, 6.45) is 0.0280. The topological polar surface area (TPSA) is 101 Å². The Morgan fingerprint density at radius 2 is 2.04 bits per heavy atom. The quantitative estimate of drug-likeness (QED) is 0.847. The van der Waals surface area contributed by atoms with Gasteiger partial charge >= 0.3 is 6.09 Å². The van der Waals surface area contributed by atoms with Gasteiger partial charge in [0.15, 0.2) is 5.13 Å². The average molecular weight is 374 g/mol. The molecule has 0 saturated carbocycles. The smallest absolute Gasteiger partial charge is 0.413 e. The molecule has 1 aromatic carbocycles. The number of rotatable bonds is 4. The largest absolute Gasteiger partial charge is 0.453 e. The molecule has 0 saturated heterocycles. The number of amides is 3. The molecule has 8 nitrogen and oxygen atoms in total. The van der Waals surface area contributed by atoms with E-state index >= 15 is 0 Å². The van der Waals surface area contributed by atoms with Crippen LogP contribution in [0.25, 0.3) is 0 Å². The standard InChI is InChI=1S/C17H18N4O4S/c1-25-17(24)20-16-19-12-7-8-21(10-13(12)26-16)14(22)9-18-15(23)11-5-3-2-4-6-11/h2-6H,7-10H2,1H3,(H,18,23)(H,19,20,24). The molecule has 136 valence electrons. The fraction of sp³-hybridized carbons (Fsp3) is 0.294. The Morgan fingerprint density at radius 3 is 2.77 bits per heavy atom. The Hall–Kier alpha value is -2.94. The van der Waals surface area contributed by atoms with Crippen molar-refractivity contribution in [2.24, 2.45) is 0 Å². The molecule has 9 heteroatoms. The zero-order chi connectivity index (χ0) is 18.5. The number of nitrogens with one attached hydrogen (secondary N) is 2. The van der Waals surface area contributed by atoms with Gasteiger partial charge in [0.2, 0.25) is 5.91 Å². The Morgan fingerprint density at radius 1 is 1.27 bits per heavy atom. The van der Waals surface area contributed by atoms with Crippen molar-refractivity contribution in [2.75, 3.05) is 25.5 Å². The summed E-state index contributed by atoms with van der Waals surface area (Å²) in [5.74, 6) is -0.435. The van der Waals surface area contributed by atoms with E-state index in [2.05, 4.69) is 20.4 Å². The first-order valence-corrected chi connectivity index (χ1v) is 8.83. The van der Waals surface area contributed by atoms with Crippen LogP contribution in [0.2, 0.25) is 0 Å². The van der Waals surface area contributed by atoms with Crippen molar-refractivity contribution in [3.05, 3.63) is 46.5 Å². The molecule has 0 bridgehead atoms. The molecule has 0 radical (unpaired) electrons. The third-order valence-electron chi connectivity index (χ3n) is 3.91. The van der Waals surface area contributed by atoms with E-state index in [9.17, 15) is 14.4 Å². The first kappa shape index (κ1) is 17.9. The van der Waals surface area contributed by atoms with Crippen LogP contribution in [0.1, 0.15) is 20.9 Å². The van der Waals surface area contributed by atoms with E-state index in [0.29, 0.717) is 30.2 Å². The number of thiazole rings is 1. The lowest BCUT2D eigenvalue weighted by atomic mass is 10.2. The molecule has 3 amide bonds. The molecule has 2 N–H and O–H groups in total. The van der Waals surface area contributed by atoms with Gasteiger partial charge in [0, 0.05) is 23.4 Å². The second-order valence-electron chi connectivity index (χ2n) is 5.62. The van der Waals surface area contributed by atoms with Crippen molar-refractivity contribution < 1.29 is 19.1 Å². The predicted octanol–water partition coefficient (Wildman–Crippen LogP) is 1.64. The van der Waals surface area contributed by atoms with E-state index in [0.717, 1.165) is 10.6 Å². The number of ether oxygens (including phenoxy) is 1. The molecule has 0 spiro atoms. The zero-order valence-corrected chi connectivity index (χ0v) is 15.0. The van der Waals surface area contributed by atoms with Gasteiger partial charge in [-0.2, -0.15) is 0 Å². The number of fused-ring (bicyclic) bond motifs is 1. The van der Waals surface area contributed by atoms with Crippen molar-refractivity contribution in [2.45, 2.75) is 13.0 Å². The summed E-state index contributed by atoms with van der Waals surface area (Å²) in [4.78, 5) is 42.6. The van der Waals surface area contributed by atoms with E-state index in [1.165, 1.54) is 18.4 Å². The van der Waals surface area contributed by atoms with Crippen LogP contribution in [0.15, 0.2) is 30.3 Å². The van der Waals surface area contributed by atoms with Crippen molar-refractivity contribution in [1.82, 2.24) is 15.2 Å². The van der Waals surface area contributed by atoms with Crippen LogP contribution in [0, 0.1) is 0 Å². The number of carbonyl (C=O) groups excluding carboxylic acids is 3. The molecular formula is C17H18N4O4S. The monoisotopic (exact) mass is 374 g/mol. The normalized spacial score (nSPS) is 12.9. The van der Waals surface area contributed by atoms with Crippen LogP contribution in [-0.2, 0) is 22.5 Å². The summed E-state index contributed by atoms with van der Waals surface area (Å²) in [7, 11) is 1.28. The van der Waals surface area contributed by atoms with Crippen LogP contribution >= 0.6 is 11.3 Å². The minimum atomic E-state index is -0.576. The average Bonchev–Trinajstić information content (AvgIpc) is 3.07. The summed E-state index contributed by atoms with van der Waals surface area (Å²) in [5, 5.41) is 5.63. The molecule has 1 aromatic heterocycles. The molecule has 2 heterocycles. The molecule has 2 aromatic rings. The molecule has 0 atom stereocenters. The van der Waals surface area contributed by atoms with Crippen molar-refractivity contribution in [3.63, 3.8) is 0 Å². The summed E-state index contributed by atoms with van der Waals surface area (Å²) in [5.41, 5.74) is 1.39. The number of hydrogen-bond donors (Lipinski definition) is 2. The molecular weight excluding hydrogens is 356 g/mol. The van der Waals surface area contributed by atoms with Crippen LogP contribution in [0.5, 0.6) is 0 Å². The van der Waals surface area contributed by atoms with E-state index in [-0.39, 0.29) is 18.4 Å². The number of nitrogens with zero attached hydrogens (tertiary/aromatic N) is 2. The number of hydrogen-bond acceptors (Lipinski definition) is 6. The van der Waals surface area contributed by atoms with Gasteiger partial charge in [-0.1, -0.05) is 29.5 Å². The van der Waals surface area contributed by atoms with E-state index in [1.807, 2.05) is 6.07 Å². The maximum Gasteiger partial charge on any atom is 0.413 e. The Kier molecular flexibility index (Phi) is 5.47. The second kappa shape index (κ2) is 7.96. The van der Waals surface area contributed by atoms with Gasteiger partial charge in [-0.15, -0.1) is 0 Å². The summed E-state index contributed by atoms with van der Waals surface area (Å²) >= 11 is 1.32. The van der Waals surface area contributed by atoms with Crippen molar-refractivity contribution >= 4 is 34.4 Å². The van der Waals surface area contributed by atoms with Crippen molar-refractivity contribution in [1.29, 1.82) is 0 Å². The third-order valence-corrected chi connectivity index (χ3v) is 4.91. The number of carbonyl (C=O) groups is 3. The van der Waals surface area contributed by atoms with E-state index < -0.39 is 6.09 Å². The zero-order valence-electron chi connectivity index (χ0n) is 14.2. The third kappa shape index (κ3) is 4.17. The molecule has 26 heavy (non-hydrogen) atoms. The minimum absolute atomic E-state index is 0.0604. The lowest BCUT2D eigenvalue weighted by Crippen LogP contribution is -2.42. The van der Waals surface area contributed by atoms with Crippen LogP contribution in [0.4, 0.5) is 9.93 Å². The lowest BCUT2D eigenvalue weighted by molar-refractivity contribution is -0.130. The summed E-state index contributed by atoms with van der Waals surface area (Å²) in [6, 6.07) is 8.76. The van der Waals surface area contributed by atoms with E-state index in [1.54, 1.807) is 29.2 Å². The number of methoxy groups -OCH3 is 1. The second-order valence-corrected chi connectivity index (χ2v) is 6.70. The van der Waals surface area contributed by atoms with E-state index in [4.69, 9.17) is 0 Å². The van der Waals surface area contributed by atoms with Gasteiger partial charge in [0.1, 0.15) is 0 Å². The molecule has 3 rings (SSSR count). The highest BCUT2D eigenvalue weighted by molar-refractivity contribution is 7.15. The highest BCUT2D eigenvalue weighted by Gasteiger charge is 2.24. The first-order chi connectivity index (χ1) is 12.6. The highest BCUT2D eigenvalue weighted by Crippen LogP contribution is 2.28. The fourth-order valence-corrected chi connectivity index (χ4v) is 3.57. The van der Waals surface area contributed by atoms with Crippen LogP contribution in [0.3, 0.4) is 0 Å². The Bertz CT molecular complexity index is 821. The SMILES string of the molecule is COC(=O)Nc1nc2c(s1)CN(C(=O)CNC(=O)c1ccccc1)CC2. The first-order valence-electron chi connectivity index (χ1n) is 8.01. The molecule has 0 fully saturated rings. The molecule has 0 unspecified atom stereocenters. The van der Waals surface area contributed by atoms with Crippen LogP contribution < -0.4 is 10.6 Å². The lowest BCUT2D eigenvalue weighted by Gasteiger charge is -2.26. The van der Waals surface area contributed by atoms with Crippen molar-refractivity contribution in [3.8, 4) is 0 Å². The van der Waals surface area contributed by atoms with Crippen LogP contribution in [-0.4, -0.2) is 48.0 Å². The Labute approximate surface area is 154 Å². The minimum Gasteiger partial charge on any atom is -0.453 e. The fourth-order valence-electron chi connectivity index (χ4n) is 2.56. The van der Waals surface area contributed by atoms with Gasteiger partial charge in [0.25, 0.3) is 5.91 Å². The summed E-state index contributed by atoms with van der Waals surface area (Å²) in [6.45, 7) is 0.874.